The predicted octanol–water partition coefficient (Wildman–Crippen LogP) is 4.39. The van der Waals surface area contributed by atoms with Crippen molar-refractivity contribution in [3.05, 3.63) is 89.5 Å². The molecule has 2 bridgehead atoms. The highest BCUT2D eigenvalue weighted by atomic mass is 16.5. The lowest BCUT2D eigenvalue weighted by Gasteiger charge is -2.50. The number of amides is 3. The lowest BCUT2D eigenvalue weighted by atomic mass is 9.89. The summed E-state index contributed by atoms with van der Waals surface area (Å²) < 4.78 is 11.9. The first-order valence-electron chi connectivity index (χ1n) is 10.9. The van der Waals surface area contributed by atoms with Gasteiger partial charge in [-0.1, -0.05) is 48.5 Å². The van der Waals surface area contributed by atoms with Gasteiger partial charge in [-0.25, -0.2) is 4.79 Å². The van der Waals surface area contributed by atoms with E-state index in [9.17, 15) is 9.59 Å². The molecule has 0 aromatic heterocycles. The van der Waals surface area contributed by atoms with Crippen LogP contribution in [0.5, 0.6) is 11.5 Å². The number of ether oxygens (including phenoxy) is 2. The Morgan fingerprint density at radius 2 is 1.94 bits per heavy atom. The van der Waals surface area contributed by atoms with E-state index < -0.39 is 5.72 Å². The van der Waals surface area contributed by atoms with Crippen LogP contribution in [-0.2, 0) is 6.54 Å². The number of carbonyl (C=O) groups is 2. The molecule has 2 atom stereocenters. The Bertz CT molecular complexity index is 1210. The van der Waals surface area contributed by atoms with Crippen LogP contribution in [0.25, 0.3) is 0 Å². The minimum Gasteiger partial charge on any atom is -0.493 e. The third-order valence-corrected chi connectivity index (χ3v) is 6.15. The van der Waals surface area contributed by atoms with Gasteiger partial charge in [-0.15, -0.1) is 0 Å². The minimum atomic E-state index is -0.937. The standard InChI is InChI=1S/C26H25N3O4/c1-26-15-21(20-12-7-13-22(32-2)23(20)33-26)28-25(31)29(26)19-11-6-10-18(14-19)24(30)27-16-17-8-4-3-5-9-17/h3-14,21H,15-16H2,1-2H3,(H,27,30)(H,28,31)/t21-,26+/m1/s1. The van der Waals surface area contributed by atoms with Crippen LogP contribution in [0, 0.1) is 0 Å². The Morgan fingerprint density at radius 1 is 1.15 bits per heavy atom. The molecule has 2 heterocycles. The lowest BCUT2D eigenvalue weighted by Crippen LogP contribution is -2.65. The second-order valence-electron chi connectivity index (χ2n) is 8.42. The molecule has 3 aromatic rings. The average Bonchev–Trinajstić information content (AvgIpc) is 2.82. The van der Waals surface area contributed by atoms with Crippen molar-refractivity contribution in [1.29, 1.82) is 0 Å². The van der Waals surface area contributed by atoms with Gasteiger partial charge in [0.05, 0.1) is 18.8 Å². The molecule has 3 aromatic carbocycles. The first-order valence-corrected chi connectivity index (χ1v) is 10.9. The topological polar surface area (TPSA) is 79.9 Å². The summed E-state index contributed by atoms with van der Waals surface area (Å²) in [6.07, 6.45) is 0.559. The Morgan fingerprint density at radius 3 is 2.73 bits per heavy atom. The first-order chi connectivity index (χ1) is 16.0. The van der Waals surface area contributed by atoms with E-state index in [4.69, 9.17) is 9.47 Å². The number of urea groups is 1. The number of para-hydroxylation sites is 1. The van der Waals surface area contributed by atoms with E-state index in [1.54, 1.807) is 36.3 Å². The Balaban J connectivity index is 1.42. The van der Waals surface area contributed by atoms with Crippen molar-refractivity contribution in [3.63, 3.8) is 0 Å². The van der Waals surface area contributed by atoms with Crippen LogP contribution >= 0.6 is 0 Å². The quantitative estimate of drug-likeness (QED) is 0.613. The molecule has 1 saturated heterocycles. The Labute approximate surface area is 192 Å². The van der Waals surface area contributed by atoms with Crippen molar-refractivity contribution in [2.45, 2.75) is 31.7 Å². The summed E-state index contributed by atoms with van der Waals surface area (Å²) in [5, 5.41) is 6.01. The summed E-state index contributed by atoms with van der Waals surface area (Å²) in [6, 6.07) is 21.9. The molecule has 2 aliphatic heterocycles. The molecule has 2 N–H and O–H groups in total. The van der Waals surface area contributed by atoms with Crippen LogP contribution in [-0.4, -0.2) is 24.8 Å². The normalized spacial score (nSPS) is 20.8. The molecular weight excluding hydrogens is 418 g/mol. The molecule has 7 heteroatoms. The maximum atomic E-state index is 13.2. The molecule has 2 aliphatic rings. The van der Waals surface area contributed by atoms with Crippen molar-refractivity contribution < 1.29 is 19.1 Å². The third-order valence-electron chi connectivity index (χ3n) is 6.15. The highest BCUT2D eigenvalue weighted by Gasteiger charge is 2.50. The van der Waals surface area contributed by atoms with E-state index in [0.29, 0.717) is 35.7 Å². The van der Waals surface area contributed by atoms with Gasteiger partial charge in [0.25, 0.3) is 5.91 Å². The summed E-state index contributed by atoms with van der Waals surface area (Å²) in [6.45, 7) is 2.31. The maximum Gasteiger partial charge on any atom is 0.325 e. The molecule has 0 aliphatic carbocycles. The van der Waals surface area contributed by atoms with Crippen molar-refractivity contribution in [2.24, 2.45) is 0 Å². The number of nitrogens with one attached hydrogen (secondary N) is 2. The zero-order chi connectivity index (χ0) is 23.0. The van der Waals surface area contributed by atoms with Gasteiger partial charge in [0.2, 0.25) is 0 Å². The van der Waals surface area contributed by atoms with E-state index >= 15 is 0 Å². The largest absolute Gasteiger partial charge is 0.493 e. The molecule has 0 radical (unpaired) electrons. The van der Waals surface area contributed by atoms with Crippen LogP contribution in [0.2, 0.25) is 0 Å². The van der Waals surface area contributed by atoms with E-state index in [2.05, 4.69) is 10.6 Å². The number of hydrogen-bond acceptors (Lipinski definition) is 4. The van der Waals surface area contributed by atoms with Crippen LogP contribution < -0.4 is 25.0 Å². The van der Waals surface area contributed by atoms with Crippen LogP contribution in [0.3, 0.4) is 0 Å². The van der Waals surface area contributed by atoms with Crippen molar-refractivity contribution in [1.82, 2.24) is 10.6 Å². The summed E-state index contributed by atoms with van der Waals surface area (Å²) in [5.41, 5.74) is 2.02. The monoisotopic (exact) mass is 443 g/mol. The van der Waals surface area contributed by atoms with E-state index in [0.717, 1.165) is 11.1 Å². The van der Waals surface area contributed by atoms with E-state index in [1.165, 1.54) is 0 Å². The van der Waals surface area contributed by atoms with Gasteiger partial charge in [0.15, 0.2) is 17.2 Å². The molecule has 0 unspecified atom stereocenters. The Kier molecular flexibility index (Phi) is 5.17. The number of carbonyl (C=O) groups excluding carboxylic acids is 2. The van der Waals surface area contributed by atoms with Gasteiger partial charge < -0.3 is 20.1 Å². The molecule has 168 valence electrons. The predicted molar refractivity (Wildman–Crippen MR) is 124 cm³/mol. The summed E-state index contributed by atoms with van der Waals surface area (Å²) >= 11 is 0. The van der Waals surface area contributed by atoms with Gasteiger partial charge in [0.1, 0.15) is 0 Å². The number of rotatable bonds is 5. The van der Waals surface area contributed by atoms with Crippen LogP contribution in [0.15, 0.2) is 72.8 Å². The first kappa shape index (κ1) is 20.9. The fourth-order valence-corrected chi connectivity index (χ4v) is 4.58. The zero-order valence-corrected chi connectivity index (χ0v) is 18.5. The average molecular weight is 444 g/mol. The number of benzene rings is 3. The number of methoxy groups -OCH3 is 1. The number of nitrogens with zero attached hydrogens (tertiary/aromatic N) is 1. The highest BCUT2D eigenvalue weighted by Crippen LogP contribution is 2.49. The van der Waals surface area contributed by atoms with Gasteiger partial charge in [-0.3, -0.25) is 9.69 Å². The van der Waals surface area contributed by atoms with Crippen molar-refractivity contribution in [2.75, 3.05) is 12.0 Å². The van der Waals surface area contributed by atoms with Gasteiger partial charge >= 0.3 is 6.03 Å². The Hall–Kier alpha value is -4.00. The zero-order valence-electron chi connectivity index (χ0n) is 18.5. The molecule has 7 nitrogen and oxygen atoms in total. The minimum absolute atomic E-state index is 0.185. The smallest absolute Gasteiger partial charge is 0.325 e. The van der Waals surface area contributed by atoms with Gasteiger partial charge in [-0.2, -0.15) is 0 Å². The molecule has 1 fully saturated rings. The van der Waals surface area contributed by atoms with E-state index in [-0.39, 0.29) is 18.0 Å². The molecular formula is C26H25N3O4. The third kappa shape index (κ3) is 3.75. The number of hydrogen-bond donors (Lipinski definition) is 2. The fraction of sp³-hybridized carbons (Fsp3) is 0.231. The lowest BCUT2D eigenvalue weighted by molar-refractivity contribution is 0.0349. The molecule has 3 amide bonds. The molecule has 0 saturated carbocycles. The van der Waals surface area contributed by atoms with Crippen molar-refractivity contribution in [3.8, 4) is 11.5 Å². The van der Waals surface area contributed by atoms with Gasteiger partial charge in [-0.05, 0) is 36.8 Å². The summed E-state index contributed by atoms with van der Waals surface area (Å²) in [7, 11) is 1.60. The van der Waals surface area contributed by atoms with Crippen LogP contribution in [0.1, 0.15) is 40.9 Å². The SMILES string of the molecule is COc1cccc2c1O[C@@]1(C)C[C@H]2NC(=O)N1c1cccc(C(=O)NCc2ccccc2)c1. The van der Waals surface area contributed by atoms with Crippen molar-refractivity contribution >= 4 is 17.6 Å². The summed E-state index contributed by atoms with van der Waals surface area (Å²) in [4.78, 5) is 27.5. The number of fused-ring (bicyclic) bond motifs is 4. The van der Waals surface area contributed by atoms with Crippen LogP contribution in [0.4, 0.5) is 10.5 Å². The second-order valence-corrected chi connectivity index (χ2v) is 8.42. The summed E-state index contributed by atoms with van der Waals surface area (Å²) in [5.74, 6) is 1.03. The second kappa shape index (κ2) is 8.16. The fourth-order valence-electron chi connectivity index (χ4n) is 4.58. The number of anilines is 1. The van der Waals surface area contributed by atoms with Gasteiger partial charge in [0, 0.05) is 24.1 Å². The molecule has 5 rings (SSSR count). The molecule has 0 spiro atoms. The highest BCUT2D eigenvalue weighted by molar-refractivity contribution is 5.99. The molecule has 33 heavy (non-hydrogen) atoms. The van der Waals surface area contributed by atoms with E-state index in [1.807, 2.05) is 55.5 Å². The maximum absolute atomic E-state index is 13.2.